The third kappa shape index (κ3) is 2.65. The minimum Gasteiger partial charge on any atom is -0.389 e. The first-order chi connectivity index (χ1) is 8.08. The Kier molecular flexibility index (Phi) is 3.44. The van der Waals surface area contributed by atoms with Crippen LogP contribution in [0.3, 0.4) is 0 Å². The van der Waals surface area contributed by atoms with Gasteiger partial charge in [0.25, 0.3) is 0 Å². The summed E-state index contributed by atoms with van der Waals surface area (Å²) in [7, 11) is 0. The minimum atomic E-state index is -0.571. The van der Waals surface area contributed by atoms with Crippen molar-refractivity contribution in [3.63, 3.8) is 0 Å². The highest BCUT2D eigenvalue weighted by atomic mass is 16.7. The van der Waals surface area contributed by atoms with Crippen molar-refractivity contribution in [3.8, 4) is 0 Å². The number of carbonyl (C=O) groups excluding carboxylic acids is 1. The van der Waals surface area contributed by atoms with Gasteiger partial charge >= 0.3 is 0 Å². The van der Waals surface area contributed by atoms with Gasteiger partial charge in [0, 0.05) is 12.0 Å². The van der Waals surface area contributed by atoms with E-state index in [9.17, 15) is 9.90 Å². The molecule has 1 aliphatic rings. The molecule has 2 heterocycles. The molecule has 0 bridgehead atoms. The predicted octanol–water partition coefficient (Wildman–Crippen LogP) is 0.359. The van der Waals surface area contributed by atoms with Gasteiger partial charge in [-0.15, -0.1) is 0 Å². The van der Waals surface area contributed by atoms with E-state index in [1.807, 2.05) is 13.8 Å². The van der Waals surface area contributed by atoms with Crippen LogP contribution >= 0.6 is 0 Å². The molecule has 94 valence electrons. The second kappa shape index (κ2) is 4.85. The molecule has 1 N–H and O–H groups in total. The second-order valence-electron chi connectivity index (χ2n) is 4.21. The lowest BCUT2D eigenvalue weighted by molar-refractivity contribution is -0.168. The largest absolute Gasteiger partial charge is 0.389 e. The van der Waals surface area contributed by atoms with Crippen molar-refractivity contribution >= 4 is 5.91 Å². The molecule has 0 radical (unpaired) electrons. The number of rotatable bonds is 3. The molecular weight excluding hydrogens is 224 g/mol. The van der Waals surface area contributed by atoms with Gasteiger partial charge in [-0.1, -0.05) is 5.16 Å². The number of carbonyl (C=O) groups is 1. The minimum absolute atomic E-state index is 0.124. The SMILES string of the molecule is Cc1noc(C)c1CCC(=O)N1C[C@@H](O)CO1. The summed E-state index contributed by atoms with van der Waals surface area (Å²) >= 11 is 0. The molecule has 2 rings (SSSR count). The van der Waals surface area contributed by atoms with Crippen LogP contribution in [-0.4, -0.2) is 40.5 Å². The van der Waals surface area contributed by atoms with Crippen LogP contribution in [0.5, 0.6) is 0 Å². The van der Waals surface area contributed by atoms with E-state index < -0.39 is 6.10 Å². The number of amides is 1. The monoisotopic (exact) mass is 240 g/mol. The number of aliphatic hydroxyl groups is 1. The lowest BCUT2D eigenvalue weighted by Gasteiger charge is -2.13. The smallest absolute Gasteiger partial charge is 0.246 e. The molecule has 0 spiro atoms. The fourth-order valence-electron chi connectivity index (χ4n) is 1.86. The van der Waals surface area contributed by atoms with Crippen LogP contribution < -0.4 is 0 Å². The third-order valence-electron chi connectivity index (χ3n) is 2.85. The second-order valence-corrected chi connectivity index (χ2v) is 4.21. The quantitative estimate of drug-likeness (QED) is 0.825. The topological polar surface area (TPSA) is 75.8 Å². The maximum Gasteiger partial charge on any atom is 0.246 e. The van der Waals surface area contributed by atoms with Crippen molar-refractivity contribution in [2.75, 3.05) is 13.2 Å². The summed E-state index contributed by atoms with van der Waals surface area (Å²) in [6.45, 7) is 4.12. The van der Waals surface area contributed by atoms with E-state index >= 15 is 0 Å². The van der Waals surface area contributed by atoms with Crippen LogP contribution in [0.2, 0.25) is 0 Å². The van der Waals surface area contributed by atoms with Crippen molar-refractivity contribution in [3.05, 3.63) is 17.0 Å². The van der Waals surface area contributed by atoms with Crippen molar-refractivity contribution in [2.45, 2.75) is 32.8 Å². The summed E-state index contributed by atoms with van der Waals surface area (Å²) in [5.41, 5.74) is 1.79. The summed E-state index contributed by atoms with van der Waals surface area (Å²) in [6, 6.07) is 0. The van der Waals surface area contributed by atoms with Crippen molar-refractivity contribution < 1.29 is 19.3 Å². The van der Waals surface area contributed by atoms with E-state index in [4.69, 9.17) is 9.36 Å². The van der Waals surface area contributed by atoms with Crippen LogP contribution in [0.1, 0.15) is 23.4 Å². The standard InChI is InChI=1S/C11H16N2O4/c1-7-10(8(2)17-12-7)3-4-11(15)13-5-9(14)6-16-13/h9,14H,3-6H2,1-2H3/t9-/m1/s1. The van der Waals surface area contributed by atoms with Gasteiger partial charge in [-0.3, -0.25) is 9.63 Å². The van der Waals surface area contributed by atoms with E-state index in [2.05, 4.69) is 5.16 Å². The van der Waals surface area contributed by atoms with Crippen LogP contribution in [0, 0.1) is 13.8 Å². The van der Waals surface area contributed by atoms with Crippen molar-refractivity contribution in [2.24, 2.45) is 0 Å². The zero-order valence-corrected chi connectivity index (χ0v) is 9.97. The molecular formula is C11H16N2O4. The summed E-state index contributed by atoms with van der Waals surface area (Å²) < 4.78 is 5.02. The molecule has 0 saturated carbocycles. The molecule has 1 saturated heterocycles. The molecule has 0 unspecified atom stereocenters. The molecule has 17 heavy (non-hydrogen) atoms. The Bertz CT molecular complexity index is 396. The Hall–Kier alpha value is -1.40. The Morgan fingerprint density at radius 1 is 1.59 bits per heavy atom. The number of β-amino-alcohol motifs (C(OH)–C–C–N with tert-alkyl or cyclic N) is 1. The van der Waals surface area contributed by atoms with Crippen LogP contribution in [0.25, 0.3) is 0 Å². The zero-order chi connectivity index (χ0) is 12.4. The highest BCUT2D eigenvalue weighted by Gasteiger charge is 2.26. The number of aliphatic hydroxyl groups excluding tert-OH is 1. The molecule has 0 aromatic carbocycles. The highest BCUT2D eigenvalue weighted by molar-refractivity contribution is 5.75. The Morgan fingerprint density at radius 2 is 2.35 bits per heavy atom. The maximum atomic E-state index is 11.7. The first-order valence-corrected chi connectivity index (χ1v) is 5.61. The van der Waals surface area contributed by atoms with E-state index in [1.165, 1.54) is 5.06 Å². The lowest BCUT2D eigenvalue weighted by atomic mass is 10.1. The molecule has 1 atom stereocenters. The Balaban J connectivity index is 1.88. The van der Waals surface area contributed by atoms with Gasteiger partial charge in [0.05, 0.1) is 18.3 Å². The molecule has 0 aliphatic carbocycles. The zero-order valence-electron chi connectivity index (χ0n) is 9.97. The number of hydrogen-bond donors (Lipinski definition) is 1. The molecule has 1 aromatic heterocycles. The number of hydroxylamine groups is 2. The predicted molar refractivity (Wildman–Crippen MR) is 58.0 cm³/mol. The van der Waals surface area contributed by atoms with Gasteiger partial charge in [-0.2, -0.15) is 0 Å². The number of nitrogens with zero attached hydrogens (tertiary/aromatic N) is 2. The summed E-state index contributed by atoms with van der Waals surface area (Å²) in [5, 5.41) is 14.3. The third-order valence-corrected chi connectivity index (χ3v) is 2.85. The highest BCUT2D eigenvalue weighted by Crippen LogP contribution is 2.16. The van der Waals surface area contributed by atoms with E-state index in [1.54, 1.807) is 0 Å². The van der Waals surface area contributed by atoms with Crippen LogP contribution in [-0.2, 0) is 16.1 Å². The van der Waals surface area contributed by atoms with E-state index in [-0.39, 0.29) is 19.1 Å². The van der Waals surface area contributed by atoms with E-state index in [0.717, 1.165) is 17.0 Å². The fourth-order valence-corrected chi connectivity index (χ4v) is 1.86. The van der Waals surface area contributed by atoms with Gasteiger partial charge in [0.2, 0.25) is 5.91 Å². The number of hydrogen-bond acceptors (Lipinski definition) is 5. The van der Waals surface area contributed by atoms with Gasteiger partial charge in [0.1, 0.15) is 12.4 Å². The van der Waals surface area contributed by atoms with Gasteiger partial charge in [-0.05, 0) is 20.3 Å². The lowest BCUT2D eigenvalue weighted by Crippen LogP contribution is -2.28. The molecule has 1 aliphatic heterocycles. The van der Waals surface area contributed by atoms with Gasteiger partial charge in [0.15, 0.2) is 0 Å². The number of aryl methyl sites for hydroxylation is 2. The molecule has 1 fully saturated rings. The van der Waals surface area contributed by atoms with Gasteiger partial charge in [-0.25, -0.2) is 5.06 Å². The molecule has 1 aromatic rings. The van der Waals surface area contributed by atoms with E-state index in [0.29, 0.717) is 12.8 Å². The average Bonchev–Trinajstić information content (AvgIpc) is 2.84. The fraction of sp³-hybridized carbons (Fsp3) is 0.636. The first kappa shape index (κ1) is 12.1. The maximum absolute atomic E-state index is 11.7. The van der Waals surface area contributed by atoms with Gasteiger partial charge < -0.3 is 9.63 Å². The van der Waals surface area contributed by atoms with Crippen LogP contribution in [0.15, 0.2) is 4.52 Å². The Labute approximate surface area is 99.1 Å². The summed E-state index contributed by atoms with van der Waals surface area (Å²) in [6.07, 6.45) is 0.337. The molecule has 1 amide bonds. The first-order valence-electron chi connectivity index (χ1n) is 5.61. The van der Waals surface area contributed by atoms with Crippen molar-refractivity contribution in [1.82, 2.24) is 10.2 Å². The molecule has 6 heteroatoms. The normalized spacial score (nSPS) is 19.9. The average molecular weight is 240 g/mol. The van der Waals surface area contributed by atoms with Crippen molar-refractivity contribution in [1.29, 1.82) is 0 Å². The van der Waals surface area contributed by atoms with Crippen LogP contribution in [0.4, 0.5) is 0 Å². The number of aromatic nitrogens is 1. The summed E-state index contributed by atoms with van der Waals surface area (Å²) in [4.78, 5) is 16.8. The summed E-state index contributed by atoms with van der Waals surface area (Å²) in [5.74, 6) is 0.624. The molecule has 6 nitrogen and oxygen atoms in total. The Morgan fingerprint density at radius 3 is 2.88 bits per heavy atom.